The largest absolute Gasteiger partial charge is 0.653 e. The summed E-state index contributed by atoms with van der Waals surface area (Å²) in [5.41, 5.74) is 2.07. The Balaban J connectivity index is 1.99. The molecule has 0 saturated heterocycles. The van der Waals surface area contributed by atoms with Crippen LogP contribution in [0.25, 0.3) is 11.3 Å². The molecule has 0 fully saturated rings. The van der Waals surface area contributed by atoms with Gasteiger partial charge in [-0.2, -0.15) is 0 Å². The minimum absolute atomic E-state index is 0.832. The lowest BCUT2D eigenvalue weighted by Crippen LogP contribution is -2.72. The summed E-state index contributed by atoms with van der Waals surface area (Å²) in [5, 5.41) is 5.17. The molecule has 1 aliphatic rings. The Morgan fingerprint density at radius 1 is 0.741 bits per heavy atom. The lowest BCUT2D eigenvalue weighted by molar-refractivity contribution is 0.619. The van der Waals surface area contributed by atoms with Gasteiger partial charge in [0.25, 0.3) is 0 Å². The second kappa shape index (κ2) is 6.47. The van der Waals surface area contributed by atoms with Gasteiger partial charge in [-0.25, -0.2) is 9.97 Å². The van der Waals surface area contributed by atoms with E-state index < -0.39 is 8.07 Å². The predicted octanol–water partition coefficient (Wildman–Crippen LogP) is 1.30. The zero-order valence-electron chi connectivity index (χ0n) is 14.5. The third kappa shape index (κ3) is 2.26. The fraction of sp³-hybridized carbons (Fsp3) is 0. The van der Waals surface area contributed by atoms with Gasteiger partial charge in [-0.05, 0) is 26.8 Å². The summed E-state index contributed by atoms with van der Waals surface area (Å²) < 4.78 is 5.66. The van der Waals surface area contributed by atoms with Crippen molar-refractivity contribution < 1.29 is 3.79 Å². The molecule has 1 aromatic heterocycles. The van der Waals surface area contributed by atoms with Gasteiger partial charge in [-0.3, -0.25) is 0 Å². The highest BCUT2D eigenvalue weighted by Crippen LogP contribution is 2.33. The monoisotopic (exact) mass is 378 g/mol. The van der Waals surface area contributed by atoms with Crippen molar-refractivity contribution in [2.45, 2.75) is 0 Å². The Bertz CT molecular complexity index is 1080. The molecule has 0 atom stereocenters. The Morgan fingerprint density at radius 3 is 2.04 bits per heavy atom. The quantitative estimate of drug-likeness (QED) is 0.444. The molecule has 5 heteroatoms. The highest BCUT2D eigenvalue weighted by Gasteiger charge is 2.50. The molecule has 5 rings (SSSR count). The first-order valence-electron chi connectivity index (χ1n) is 8.79. The lowest BCUT2D eigenvalue weighted by atomic mass is 10.1. The molecule has 0 bridgehead atoms. The van der Waals surface area contributed by atoms with Gasteiger partial charge in [0.1, 0.15) is 6.33 Å². The highest BCUT2D eigenvalue weighted by atomic mass is 28.3. The smallest absolute Gasteiger partial charge is 0.482 e. The zero-order valence-corrected chi connectivity index (χ0v) is 16.7. The van der Waals surface area contributed by atoms with Crippen molar-refractivity contribution in [2.24, 2.45) is 0 Å². The third-order valence-corrected chi connectivity index (χ3v) is 10.4. The molecule has 0 N–H and O–H groups in total. The van der Waals surface area contributed by atoms with E-state index in [4.69, 9.17) is 3.79 Å². The van der Waals surface area contributed by atoms with Crippen molar-refractivity contribution in [3.05, 3.63) is 91.4 Å². The van der Waals surface area contributed by atoms with Crippen LogP contribution < -0.4 is 24.5 Å². The molecule has 126 valence electrons. The maximum absolute atomic E-state index is 5.66. The second-order valence-electron chi connectivity index (χ2n) is 6.56. The van der Waals surface area contributed by atoms with Gasteiger partial charge in [0, 0.05) is 11.8 Å². The summed E-state index contributed by atoms with van der Waals surface area (Å²) in [7, 11) is -2.49. The third-order valence-electron chi connectivity index (χ3n) is 5.32. The van der Waals surface area contributed by atoms with E-state index in [1.807, 2.05) is 12.3 Å². The van der Waals surface area contributed by atoms with Crippen LogP contribution in [-0.2, 0) is 0 Å². The maximum Gasteiger partial charge on any atom is 0.482 e. The van der Waals surface area contributed by atoms with Crippen molar-refractivity contribution in [1.82, 2.24) is 9.97 Å². The van der Waals surface area contributed by atoms with E-state index in [1.54, 1.807) is 6.33 Å². The number of hydrogen-bond donors (Lipinski definition) is 0. The topological polar surface area (TPSA) is 35.0 Å². The standard InChI is InChI=1S/C22H16N2OSi.Al/c25-18-12-7-13-19-21(18)22-20(14-23-15-24-22)26(19,16-8-3-1-4-9-16)17-10-5-2-6-11-17;/h1-15,25H;/q;+1/p-1. The lowest BCUT2D eigenvalue weighted by Gasteiger charge is -2.30. The van der Waals surface area contributed by atoms with E-state index in [0.29, 0.717) is 0 Å². The van der Waals surface area contributed by atoms with Gasteiger partial charge >= 0.3 is 16.6 Å². The molecule has 1 aliphatic heterocycles. The molecule has 3 nitrogen and oxygen atoms in total. The first-order valence-corrected chi connectivity index (χ1v) is 11.3. The van der Waals surface area contributed by atoms with E-state index in [-0.39, 0.29) is 0 Å². The predicted molar refractivity (Wildman–Crippen MR) is 111 cm³/mol. The number of benzene rings is 3. The molecule has 0 saturated carbocycles. The highest BCUT2D eigenvalue weighted by molar-refractivity contribution is 7.22. The average Bonchev–Trinajstić information content (AvgIpc) is 3.06. The molecule has 0 spiro atoms. The summed E-state index contributed by atoms with van der Waals surface area (Å²) in [6.07, 6.45) is 3.63. The molecular weight excluding hydrogens is 363 g/mol. The van der Waals surface area contributed by atoms with E-state index >= 15 is 0 Å². The number of rotatable bonds is 3. The van der Waals surface area contributed by atoms with Crippen LogP contribution in [0, 0.1) is 0 Å². The molecule has 0 unspecified atom stereocenters. The summed E-state index contributed by atoms with van der Waals surface area (Å²) in [5.74, 6) is 0.832. The summed E-state index contributed by atoms with van der Waals surface area (Å²) in [6, 6.07) is 27.8. The van der Waals surface area contributed by atoms with Crippen LogP contribution in [0.15, 0.2) is 91.4 Å². The number of aromatic nitrogens is 2. The molecule has 27 heavy (non-hydrogen) atoms. The summed E-state index contributed by atoms with van der Waals surface area (Å²) in [6.45, 7) is 0. The minimum Gasteiger partial charge on any atom is -0.653 e. The fourth-order valence-electron chi connectivity index (χ4n) is 4.30. The average molecular weight is 378 g/mol. The van der Waals surface area contributed by atoms with Gasteiger partial charge in [0.2, 0.25) is 0 Å². The number of hydrogen-bond acceptors (Lipinski definition) is 3. The van der Waals surface area contributed by atoms with Crippen molar-refractivity contribution in [2.75, 3.05) is 0 Å². The van der Waals surface area contributed by atoms with E-state index in [1.165, 1.54) is 20.7 Å². The van der Waals surface area contributed by atoms with Gasteiger partial charge in [0.15, 0.2) is 8.07 Å². The first-order chi connectivity index (χ1) is 13.4. The van der Waals surface area contributed by atoms with Crippen LogP contribution in [0.4, 0.5) is 0 Å². The van der Waals surface area contributed by atoms with Gasteiger partial charge in [-0.15, -0.1) is 0 Å². The Morgan fingerprint density at radius 2 is 1.41 bits per heavy atom. The van der Waals surface area contributed by atoms with Gasteiger partial charge in [-0.1, -0.05) is 72.8 Å². The van der Waals surface area contributed by atoms with E-state index in [0.717, 1.165) is 17.0 Å². The van der Waals surface area contributed by atoms with Crippen molar-refractivity contribution in [3.8, 4) is 17.0 Å². The molecule has 3 aromatic carbocycles. The second-order valence-corrected chi connectivity index (χ2v) is 10.5. The normalized spacial score (nSPS) is 13.6. The van der Waals surface area contributed by atoms with Crippen LogP contribution >= 0.6 is 0 Å². The molecule has 4 aromatic rings. The molecule has 2 radical (unpaired) electrons. The van der Waals surface area contributed by atoms with Crippen molar-refractivity contribution in [1.29, 1.82) is 0 Å². The summed E-state index contributed by atoms with van der Waals surface area (Å²) >= 11 is 2.37. The van der Waals surface area contributed by atoms with Crippen LogP contribution in [0.2, 0.25) is 0 Å². The maximum atomic E-state index is 5.66. The zero-order chi connectivity index (χ0) is 18.3. The SMILES string of the molecule is [Al][O]c1cccc2c1-c1ncncc1[Si]2(c1ccccc1)c1ccccc1. The van der Waals surface area contributed by atoms with Crippen molar-refractivity contribution >= 4 is 45.4 Å². The molecule has 0 amide bonds. The minimum atomic E-state index is -2.49. The molecule has 0 aliphatic carbocycles. The van der Waals surface area contributed by atoms with E-state index in [9.17, 15) is 0 Å². The van der Waals surface area contributed by atoms with Crippen LogP contribution in [0.5, 0.6) is 5.75 Å². The van der Waals surface area contributed by atoms with Crippen LogP contribution in [0.3, 0.4) is 0 Å². The Hall–Kier alpha value is -2.71. The Kier molecular flexibility index (Phi) is 3.94. The van der Waals surface area contributed by atoms with Gasteiger partial charge < -0.3 is 3.79 Å². The fourth-order valence-corrected chi connectivity index (χ4v) is 9.52. The number of nitrogens with zero attached hydrogens (tertiary/aromatic N) is 2. The first kappa shape index (κ1) is 16.5. The van der Waals surface area contributed by atoms with Crippen LogP contribution in [0.1, 0.15) is 0 Å². The van der Waals surface area contributed by atoms with E-state index in [2.05, 4.69) is 99.4 Å². The van der Waals surface area contributed by atoms with Crippen molar-refractivity contribution in [3.63, 3.8) is 0 Å². The van der Waals surface area contributed by atoms with Crippen LogP contribution in [-0.4, -0.2) is 34.7 Å². The Labute approximate surface area is 167 Å². The summed E-state index contributed by atoms with van der Waals surface area (Å²) in [4.78, 5) is 9.11. The molecule has 2 heterocycles. The molecular formula is C22H15AlN2OSi. The number of fused-ring (bicyclic) bond motifs is 3. The van der Waals surface area contributed by atoms with Gasteiger partial charge in [0.05, 0.1) is 11.4 Å².